The third kappa shape index (κ3) is 4.60. The molecular weight excluding hydrogens is 361 g/mol. The van der Waals surface area contributed by atoms with Crippen molar-refractivity contribution in [1.29, 1.82) is 0 Å². The lowest BCUT2D eigenvalue weighted by molar-refractivity contribution is 0.00199. The van der Waals surface area contributed by atoms with Crippen molar-refractivity contribution in [2.45, 2.75) is 70.8 Å². The second-order valence-electron chi connectivity index (χ2n) is 7.73. The fourth-order valence-electron chi connectivity index (χ4n) is 3.95. The third-order valence-corrected chi connectivity index (χ3v) is 5.79. The number of benzene rings is 2. The fraction of sp³-hybridized carbons (Fsp3) is 0.500. The van der Waals surface area contributed by atoms with Crippen LogP contribution in [-0.4, -0.2) is 12.7 Å². The summed E-state index contributed by atoms with van der Waals surface area (Å²) in [6.07, 6.45) is 6.49. The van der Waals surface area contributed by atoms with Gasteiger partial charge in [-0.1, -0.05) is 51.0 Å². The zero-order valence-corrected chi connectivity index (χ0v) is 16.7. The molecule has 1 aliphatic heterocycles. The molecule has 0 aromatic heterocycles. The van der Waals surface area contributed by atoms with E-state index >= 15 is 0 Å². The zero-order chi connectivity index (χ0) is 20.1. The highest BCUT2D eigenvalue weighted by Crippen LogP contribution is 2.34. The highest BCUT2D eigenvalue weighted by atomic mass is 19.2. The van der Waals surface area contributed by atoms with Crippen molar-refractivity contribution < 1.29 is 17.9 Å². The summed E-state index contributed by atoms with van der Waals surface area (Å²) in [6.45, 7) is 4.74. The quantitative estimate of drug-likeness (QED) is 0.455. The van der Waals surface area contributed by atoms with Crippen LogP contribution in [0.1, 0.15) is 69.4 Å². The van der Waals surface area contributed by atoms with E-state index in [1.54, 1.807) is 12.1 Å². The lowest BCUT2D eigenvalue weighted by atomic mass is 9.89. The Balaban J connectivity index is 1.79. The van der Waals surface area contributed by atoms with Gasteiger partial charge in [0.1, 0.15) is 5.82 Å². The molecule has 28 heavy (non-hydrogen) atoms. The lowest BCUT2D eigenvalue weighted by Crippen LogP contribution is -2.24. The molecule has 2 atom stereocenters. The van der Waals surface area contributed by atoms with E-state index in [9.17, 15) is 13.2 Å². The fourth-order valence-corrected chi connectivity index (χ4v) is 3.95. The number of aryl methyl sites for hydroxylation is 1. The summed E-state index contributed by atoms with van der Waals surface area (Å²) < 4.78 is 49.6. The van der Waals surface area contributed by atoms with Gasteiger partial charge in [-0.2, -0.15) is 0 Å². The molecule has 0 bridgehead atoms. The minimum Gasteiger partial charge on any atom is -0.378 e. The first kappa shape index (κ1) is 20.9. The molecule has 3 rings (SSSR count). The summed E-state index contributed by atoms with van der Waals surface area (Å²) >= 11 is 0. The van der Waals surface area contributed by atoms with E-state index in [4.69, 9.17) is 4.74 Å². The second kappa shape index (κ2) is 9.60. The van der Waals surface area contributed by atoms with Crippen molar-refractivity contribution in [2.75, 3.05) is 6.61 Å². The Hall–Kier alpha value is -1.81. The number of unbranched alkanes of at least 4 members (excludes halogenated alkanes) is 2. The molecular formula is C24H29F3O. The highest BCUT2D eigenvalue weighted by molar-refractivity contribution is 5.66. The van der Waals surface area contributed by atoms with Crippen LogP contribution in [-0.2, 0) is 11.2 Å². The van der Waals surface area contributed by atoms with Gasteiger partial charge < -0.3 is 4.74 Å². The van der Waals surface area contributed by atoms with Crippen LogP contribution in [0.5, 0.6) is 0 Å². The summed E-state index contributed by atoms with van der Waals surface area (Å²) in [5, 5.41) is 0. The largest absolute Gasteiger partial charge is 0.378 e. The first-order valence-corrected chi connectivity index (χ1v) is 10.4. The Bertz CT molecular complexity index is 795. The summed E-state index contributed by atoms with van der Waals surface area (Å²) in [5.41, 5.74) is 1.29. The van der Waals surface area contributed by atoms with Crippen LogP contribution in [0.3, 0.4) is 0 Å². The summed E-state index contributed by atoms with van der Waals surface area (Å²) in [6, 6.07) is 7.89. The maximum atomic E-state index is 14.8. The topological polar surface area (TPSA) is 9.23 Å². The van der Waals surface area contributed by atoms with Crippen LogP contribution in [0.2, 0.25) is 0 Å². The van der Waals surface area contributed by atoms with Crippen LogP contribution in [0, 0.1) is 17.5 Å². The van der Waals surface area contributed by atoms with E-state index in [2.05, 4.69) is 13.8 Å². The van der Waals surface area contributed by atoms with Crippen molar-refractivity contribution in [3.8, 4) is 11.1 Å². The molecule has 0 amide bonds. The molecule has 1 fully saturated rings. The number of halogens is 3. The van der Waals surface area contributed by atoms with E-state index in [0.717, 1.165) is 44.1 Å². The minimum absolute atomic E-state index is 0.0215. The van der Waals surface area contributed by atoms with E-state index in [1.807, 2.05) is 6.07 Å². The SMILES string of the molecule is CCCCCc1ccc(-c2ccc(C3CCC(CC)OC3)cc2F)c(F)c1F. The molecule has 2 aromatic rings. The zero-order valence-electron chi connectivity index (χ0n) is 16.7. The molecule has 1 nitrogen and oxygen atoms in total. The predicted octanol–water partition coefficient (Wildman–Crippen LogP) is 7.18. The minimum atomic E-state index is -0.965. The predicted molar refractivity (Wildman–Crippen MR) is 107 cm³/mol. The van der Waals surface area contributed by atoms with Crippen LogP contribution >= 0.6 is 0 Å². The van der Waals surface area contributed by atoms with Gasteiger partial charge >= 0.3 is 0 Å². The van der Waals surface area contributed by atoms with Crippen molar-refractivity contribution >= 4 is 0 Å². The highest BCUT2D eigenvalue weighted by Gasteiger charge is 2.23. The summed E-state index contributed by atoms with van der Waals surface area (Å²) in [5.74, 6) is -2.20. The molecule has 0 aliphatic carbocycles. The lowest BCUT2D eigenvalue weighted by Gasteiger charge is -2.28. The molecule has 1 aliphatic rings. The number of hydrogen-bond donors (Lipinski definition) is 0. The van der Waals surface area contributed by atoms with Gasteiger partial charge in [-0.05, 0) is 49.3 Å². The molecule has 4 heteroatoms. The Labute approximate surface area is 165 Å². The number of ether oxygens (including phenoxy) is 1. The smallest absolute Gasteiger partial charge is 0.167 e. The van der Waals surface area contributed by atoms with Gasteiger partial charge in [-0.15, -0.1) is 0 Å². The molecule has 0 spiro atoms. The van der Waals surface area contributed by atoms with E-state index in [1.165, 1.54) is 12.1 Å². The van der Waals surface area contributed by atoms with Crippen LogP contribution in [0.25, 0.3) is 11.1 Å². The van der Waals surface area contributed by atoms with Gasteiger partial charge in [0.05, 0.1) is 12.7 Å². The molecule has 0 radical (unpaired) electrons. The van der Waals surface area contributed by atoms with Gasteiger partial charge in [-0.3, -0.25) is 0 Å². The average molecular weight is 390 g/mol. The maximum absolute atomic E-state index is 14.8. The van der Waals surface area contributed by atoms with Gasteiger partial charge in [0, 0.05) is 17.0 Å². The van der Waals surface area contributed by atoms with Crippen molar-refractivity contribution in [3.63, 3.8) is 0 Å². The van der Waals surface area contributed by atoms with Gasteiger partial charge in [0.15, 0.2) is 11.6 Å². The van der Waals surface area contributed by atoms with Crippen molar-refractivity contribution in [2.24, 2.45) is 0 Å². The third-order valence-electron chi connectivity index (χ3n) is 5.79. The van der Waals surface area contributed by atoms with E-state index in [0.29, 0.717) is 18.6 Å². The normalized spacial score (nSPS) is 19.8. The molecule has 2 aromatic carbocycles. The van der Waals surface area contributed by atoms with Crippen LogP contribution in [0.4, 0.5) is 13.2 Å². The van der Waals surface area contributed by atoms with E-state index in [-0.39, 0.29) is 23.1 Å². The Kier molecular flexibility index (Phi) is 7.17. The number of hydrogen-bond acceptors (Lipinski definition) is 1. The first-order chi connectivity index (χ1) is 13.5. The standard InChI is InChI=1S/C24H29F3O/c1-3-5-6-7-16-9-13-21(24(27)23(16)26)20-12-10-17(14-22(20)25)18-8-11-19(4-2)28-15-18/h9-10,12-14,18-19H,3-8,11,15H2,1-2H3. The molecule has 2 unspecified atom stereocenters. The van der Waals surface area contributed by atoms with Gasteiger partial charge in [-0.25, -0.2) is 13.2 Å². The average Bonchev–Trinajstić information content (AvgIpc) is 2.72. The van der Waals surface area contributed by atoms with Crippen LogP contribution in [0.15, 0.2) is 30.3 Å². The molecule has 152 valence electrons. The molecule has 0 saturated carbocycles. The maximum Gasteiger partial charge on any atom is 0.167 e. The Morgan fingerprint density at radius 3 is 2.36 bits per heavy atom. The Morgan fingerprint density at radius 2 is 1.71 bits per heavy atom. The van der Waals surface area contributed by atoms with Gasteiger partial charge in [0.25, 0.3) is 0 Å². The molecule has 0 N–H and O–H groups in total. The number of rotatable bonds is 7. The van der Waals surface area contributed by atoms with Crippen LogP contribution < -0.4 is 0 Å². The Morgan fingerprint density at radius 1 is 0.929 bits per heavy atom. The second-order valence-corrected chi connectivity index (χ2v) is 7.73. The summed E-state index contributed by atoms with van der Waals surface area (Å²) in [4.78, 5) is 0. The molecule has 1 heterocycles. The summed E-state index contributed by atoms with van der Waals surface area (Å²) in [7, 11) is 0. The molecule has 1 saturated heterocycles. The van der Waals surface area contributed by atoms with Crippen molar-refractivity contribution in [1.82, 2.24) is 0 Å². The first-order valence-electron chi connectivity index (χ1n) is 10.4. The van der Waals surface area contributed by atoms with E-state index < -0.39 is 17.5 Å². The monoisotopic (exact) mass is 390 g/mol. The van der Waals surface area contributed by atoms with Gasteiger partial charge in [0.2, 0.25) is 0 Å². The van der Waals surface area contributed by atoms with Crippen molar-refractivity contribution in [3.05, 3.63) is 58.9 Å².